The SMILES string of the molecule is [O-]CCCc1ccc(C2CCCCC2)cc1. The Bertz CT molecular complexity index is 296. The van der Waals surface area contributed by atoms with Crippen LogP contribution in [0.5, 0.6) is 0 Å². The molecule has 0 spiro atoms. The number of hydrogen-bond donors (Lipinski definition) is 0. The van der Waals surface area contributed by atoms with E-state index in [4.69, 9.17) is 0 Å². The third-order valence-corrected chi connectivity index (χ3v) is 3.67. The Morgan fingerprint density at radius 3 is 2.31 bits per heavy atom. The smallest absolute Gasteiger partial charge is 0.0162 e. The molecular formula is C15H21O-. The second-order valence-corrected chi connectivity index (χ2v) is 4.88. The molecule has 0 N–H and O–H groups in total. The number of hydrogen-bond acceptors (Lipinski definition) is 1. The molecule has 1 fully saturated rings. The predicted molar refractivity (Wildman–Crippen MR) is 65.5 cm³/mol. The molecule has 0 bridgehead atoms. The molecule has 0 saturated heterocycles. The standard InChI is InChI=1S/C15H21O/c16-12-4-5-13-8-10-15(11-9-13)14-6-2-1-3-7-14/h8-11,14H,1-7,12H2/q-1. The van der Waals surface area contributed by atoms with E-state index in [0.717, 1.165) is 18.8 Å². The average molecular weight is 217 g/mol. The summed E-state index contributed by atoms with van der Waals surface area (Å²) in [6.07, 6.45) is 8.63. The van der Waals surface area contributed by atoms with Crippen molar-refractivity contribution in [3.05, 3.63) is 35.4 Å². The largest absolute Gasteiger partial charge is 0.854 e. The Morgan fingerprint density at radius 2 is 1.69 bits per heavy atom. The normalized spacial score (nSPS) is 17.6. The Hall–Kier alpha value is -0.820. The summed E-state index contributed by atoms with van der Waals surface area (Å²) >= 11 is 0. The molecule has 1 aromatic carbocycles. The lowest BCUT2D eigenvalue weighted by Gasteiger charge is -2.22. The maximum absolute atomic E-state index is 10.4. The molecule has 0 unspecified atom stereocenters. The van der Waals surface area contributed by atoms with Crippen LogP contribution in [-0.4, -0.2) is 6.61 Å². The molecule has 16 heavy (non-hydrogen) atoms. The molecule has 0 aromatic heterocycles. The second-order valence-electron chi connectivity index (χ2n) is 4.88. The van der Waals surface area contributed by atoms with Crippen LogP contribution in [0.3, 0.4) is 0 Å². The van der Waals surface area contributed by atoms with Gasteiger partial charge in [0.2, 0.25) is 0 Å². The molecule has 1 aliphatic carbocycles. The molecule has 1 aromatic rings. The summed E-state index contributed by atoms with van der Waals surface area (Å²) < 4.78 is 0. The molecule has 88 valence electrons. The molecule has 1 saturated carbocycles. The Balaban J connectivity index is 1.95. The second kappa shape index (κ2) is 6.05. The van der Waals surface area contributed by atoms with Crippen molar-refractivity contribution in [1.29, 1.82) is 0 Å². The highest BCUT2D eigenvalue weighted by atomic mass is 16.2. The van der Waals surface area contributed by atoms with E-state index in [-0.39, 0.29) is 6.61 Å². The van der Waals surface area contributed by atoms with Crippen molar-refractivity contribution in [2.24, 2.45) is 0 Å². The molecule has 0 heterocycles. The molecule has 0 atom stereocenters. The minimum absolute atomic E-state index is 0.0460. The maximum Gasteiger partial charge on any atom is -0.0162 e. The van der Waals surface area contributed by atoms with Crippen molar-refractivity contribution in [2.75, 3.05) is 6.61 Å². The molecule has 0 radical (unpaired) electrons. The van der Waals surface area contributed by atoms with E-state index < -0.39 is 0 Å². The predicted octanol–water partition coefficient (Wildman–Crippen LogP) is 3.03. The summed E-state index contributed by atoms with van der Waals surface area (Å²) in [6, 6.07) is 8.96. The van der Waals surface area contributed by atoms with E-state index >= 15 is 0 Å². The number of aryl methyl sites for hydroxylation is 1. The molecule has 0 amide bonds. The lowest BCUT2D eigenvalue weighted by atomic mass is 9.84. The van der Waals surface area contributed by atoms with Gasteiger partial charge < -0.3 is 5.11 Å². The van der Waals surface area contributed by atoms with Crippen LogP contribution in [0.2, 0.25) is 0 Å². The molecular weight excluding hydrogens is 196 g/mol. The van der Waals surface area contributed by atoms with E-state index in [9.17, 15) is 5.11 Å². The monoisotopic (exact) mass is 217 g/mol. The van der Waals surface area contributed by atoms with E-state index in [1.165, 1.54) is 43.2 Å². The van der Waals surface area contributed by atoms with Crippen LogP contribution in [0.4, 0.5) is 0 Å². The van der Waals surface area contributed by atoms with Gasteiger partial charge in [0.25, 0.3) is 0 Å². The fourth-order valence-corrected chi connectivity index (χ4v) is 2.67. The van der Waals surface area contributed by atoms with Gasteiger partial charge in [-0.2, -0.15) is 0 Å². The highest BCUT2D eigenvalue weighted by Crippen LogP contribution is 2.32. The molecule has 1 aliphatic rings. The number of rotatable bonds is 4. The topological polar surface area (TPSA) is 23.1 Å². The van der Waals surface area contributed by atoms with Crippen LogP contribution in [-0.2, 0) is 6.42 Å². The van der Waals surface area contributed by atoms with E-state index in [0.29, 0.717) is 0 Å². The summed E-state index contributed by atoms with van der Waals surface area (Å²) in [5.74, 6) is 0.794. The van der Waals surface area contributed by atoms with Crippen molar-refractivity contribution in [3.8, 4) is 0 Å². The van der Waals surface area contributed by atoms with Crippen molar-refractivity contribution in [2.45, 2.75) is 50.9 Å². The van der Waals surface area contributed by atoms with Crippen molar-refractivity contribution < 1.29 is 5.11 Å². The van der Waals surface area contributed by atoms with Crippen molar-refractivity contribution >= 4 is 0 Å². The highest BCUT2D eigenvalue weighted by molar-refractivity contribution is 5.25. The maximum atomic E-state index is 10.4. The number of benzene rings is 1. The van der Waals surface area contributed by atoms with E-state index in [2.05, 4.69) is 24.3 Å². The van der Waals surface area contributed by atoms with Gasteiger partial charge in [-0.15, -0.1) is 6.61 Å². The van der Waals surface area contributed by atoms with Crippen LogP contribution >= 0.6 is 0 Å². The molecule has 2 rings (SSSR count). The van der Waals surface area contributed by atoms with Gasteiger partial charge in [0.05, 0.1) is 0 Å². The summed E-state index contributed by atoms with van der Waals surface area (Å²) in [5, 5.41) is 10.4. The zero-order valence-corrected chi connectivity index (χ0v) is 9.95. The van der Waals surface area contributed by atoms with Gasteiger partial charge in [-0.3, -0.25) is 0 Å². The molecule has 1 heteroatoms. The minimum Gasteiger partial charge on any atom is -0.854 e. The van der Waals surface area contributed by atoms with Crippen molar-refractivity contribution in [3.63, 3.8) is 0 Å². The minimum atomic E-state index is 0.0460. The van der Waals surface area contributed by atoms with Gasteiger partial charge in [-0.1, -0.05) is 49.9 Å². The van der Waals surface area contributed by atoms with E-state index in [1.807, 2.05) is 0 Å². The van der Waals surface area contributed by atoms with Gasteiger partial charge in [0, 0.05) is 0 Å². The lowest BCUT2D eigenvalue weighted by molar-refractivity contribution is -0.368. The van der Waals surface area contributed by atoms with Crippen LogP contribution in [0.1, 0.15) is 55.6 Å². The third kappa shape index (κ3) is 3.08. The van der Waals surface area contributed by atoms with Crippen LogP contribution in [0, 0.1) is 0 Å². The fourth-order valence-electron chi connectivity index (χ4n) is 2.67. The van der Waals surface area contributed by atoms with Gasteiger partial charge in [-0.05, 0) is 36.3 Å². The lowest BCUT2D eigenvalue weighted by Crippen LogP contribution is -2.06. The molecule has 1 nitrogen and oxygen atoms in total. The van der Waals surface area contributed by atoms with Gasteiger partial charge in [0.15, 0.2) is 0 Å². The van der Waals surface area contributed by atoms with Crippen LogP contribution in [0.15, 0.2) is 24.3 Å². The fraction of sp³-hybridized carbons (Fsp3) is 0.600. The zero-order valence-electron chi connectivity index (χ0n) is 9.95. The zero-order chi connectivity index (χ0) is 11.2. The van der Waals surface area contributed by atoms with Crippen LogP contribution in [0.25, 0.3) is 0 Å². The van der Waals surface area contributed by atoms with Gasteiger partial charge in [0.1, 0.15) is 0 Å². The summed E-state index contributed by atoms with van der Waals surface area (Å²) in [6.45, 7) is 0.0460. The summed E-state index contributed by atoms with van der Waals surface area (Å²) in [7, 11) is 0. The average Bonchev–Trinajstić information content (AvgIpc) is 2.38. The van der Waals surface area contributed by atoms with Crippen LogP contribution < -0.4 is 5.11 Å². The van der Waals surface area contributed by atoms with Crippen molar-refractivity contribution in [1.82, 2.24) is 0 Å². The first kappa shape index (κ1) is 11.7. The first-order valence-corrected chi connectivity index (χ1v) is 6.57. The first-order chi connectivity index (χ1) is 7.90. The van der Waals surface area contributed by atoms with Gasteiger partial charge >= 0.3 is 0 Å². The summed E-state index contributed by atoms with van der Waals surface area (Å²) in [5.41, 5.74) is 2.82. The summed E-state index contributed by atoms with van der Waals surface area (Å²) in [4.78, 5) is 0. The van der Waals surface area contributed by atoms with Gasteiger partial charge in [-0.25, -0.2) is 0 Å². The Labute approximate surface area is 98.5 Å². The third-order valence-electron chi connectivity index (χ3n) is 3.67. The van der Waals surface area contributed by atoms with E-state index in [1.54, 1.807) is 0 Å². The molecule has 0 aliphatic heterocycles. The highest BCUT2D eigenvalue weighted by Gasteiger charge is 2.14. The Kier molecular flexibility index (Phi) is 4.41. The first-order valence-electron chi connectivity index (χ1n) is 6.57. The quantitative estimate of drug-likeness (QED) is 0.760. The Morgan fingerprint density at radius 1 is 1.00 bits per heavy atom.